The summed E-state index contributed by atoms with van der Waals surface area (Å²) in [4.78, 5) is 16.2. The molecule has 7 nitrogen and oxygen atoms in total. The van der Waals surface area contributed by atoms with Crippen molar-refractivity contribution in [1.29, 1.82) is 0 Å². The topological polar surface area (TPSA) is 74.9 Å². The maximum atomic E-state index is 14.2. The van der Waals surface area contributed by atoms with Crippen LogP contribution in [0.3, 0.4) is 0 Å². The first kappa shape index (κ1) is 31.1. The zero-order valence-electron chi connectivity index (χ0n) is 26.4. The van der Waals surface area contributed by atoms with Crippen molar-refractivity contribution in [1.82, 2.24) is 10.2 Å². The van der Waals surface area contributed by atoms with Crippen LogP contribution in [0.15, 0.2) is 60.7 Å². The van der Waals surface area contributed by atoms with Crippen LogP contribution in [0.5, 0.6) is 5.75 Å². The molecule has 0 saturated heterocycles. The average Bonchev–Trinajstić information content (AvgIpc) is 3.27. The van der Waals surface area contributed by atoms with Crippen molar-refractivity contribution in [3.63, 3.8) is 0 Å². The van der Waals surface area contributed by atoms with E-state index in [1.54, 1.807) is 0 Å². The summed E-state index contributed by atoms with van der Waals surface area (Å²) in [6, 6.07) is 20.4. The molecule has 2 aliphatic rings. The molecule has 1 fully saturated rings. The van der Waals surface area contributed by atoms with Crippen LogP contribution in [0.25, 0.3) is 10.8 Å². The smallest absolute Gasteiger partial charge is 0.258 e. The summed E-state index contributed by atoms with van der Waals surface area (Å²) >= 11 is 0. The van der Waals surface area contributed by atoms with Gasteiger partial charge < -0.3 is 30.3 Å². The Morgan fingerprint density at radius 1 is 1.00 bits per heavy atom. The number of benzene rings is 3. The molecule has 3 aromatic rings. The van der Waals surface area contributed by atoms with Gasteiger partial charge in [-0.05, 0) is 56.3 Å². The number of rotatable bonds is 11. The van der Waals surface area contributed by atoms with E-state index in [-0.39, 0.29) is 30.1 Å². The summed E-state index contributed by atoms with van der Waals surface area (Å²) in [6.07, 6.45) is 7.51. The summed E-state index contributed by atoms with van der Waals surface area (Å²) in [5.41, 5.74) is 2.46. The highest BCUT2D eigenvalue weighted by Crippen LogP contribution is 2.35. The minimum Gasteiger partial charge on any atom is -0.486 e. The number of para-hydroxylation sites is 1. The van der Waals surface area contributed by atoms with Gasteiger partial charge in [0.1, 0.15) is 6.10 Å². The quantitative estimate of drug-likeness (QED) is 0.164. The highest BCUT2D eigenvalue weighted by molar-refractivity contribution is 5.99. The fourth-order valence-electron chi connectivity index (χ4n) is 6.64. The third kappa shape index (κ3) is 7.63. The molecule has 5 unspecified atom stereocenters. The van der Waals surface area contributed by atoms with Crippen LogP contribution in [-0.4, -0.2) is 62.5 Å². The largest absolute Gasteiger partial charge is 0.486 e. The van der Waals surface area contributed by atoms with Gasteiger partial charge in [-0.3, -0.25) is 4.79 Å². The molecule has 43 heavy (non-hydrogen) atoms. The molecule has 1 aliphatic heterocycles. The maximum Gasteiger partial charge on any atom is 0.258 e. The Morgan fingerprint density at radius 3 is 2.58 bits per heavy atom. The second-order valence-electron chi connectivity index (χ2n) is 12.5. The number of fused-ring (bicyclic) bond motifs is 2. The molecule has 232 valence electrons. The number of ether oxygens (including phenoxy) is 2. The minimum absolute atomic E-state index is 0.00109. The lowest BCUT2D eigenvalue weighted by atomic mass is 9.96. The average molecular weight is 587 g/mol. The number of anilines is 2. The van der Waals surface area contributed by atoms with E-state index in [0.29, 0.717) is 37.7 Å². The van der Waals surface area contributed by atoms with E-state index in [4.69, 9.17) is 9.47 Å². The first-order chi connectivity index (χ1) is 21.0. The lowest BCUT2D eigenvalue weighted by Crippen LogP contribution is -2.50. The van der Waals surface area contributed by atoms with Crippen LogP contribution in [0, 0.1) is 11.8 Å². The van der Waals surface area contributed by atoms with Crippen molar-refractivity contribution in [2.75, 3.05) is 44.0 Å². The van der Waals surface area contributed by atoms with Crippen LogP contribution >= 0.6 is 0 Å². The Morgan fingerprint density at radius 2 is 1.74 bits per heavy atom. The molecule has 3 aromatic carbocycles. The van der Waals surface area contributed by atoms with Gasteiger partial charge in [0, 0.05) is 30.1 Å². The molecule has 0 aromatic heterocycles. The fourth-order valence-corrected chi connectivity index (χ4v) is 6.64. The van der Waals surface area contributed by atoms with E-state index in [0.717, 1.165) is 30.1 Å². The van der Waals surface area contributed by atoms with Crippen LogP contribution in [0.4, 0.5) is 11.4 Å². The van der Waals surface area contributed by atoms with Crippen LogP contribution in [0.2, 0.25) is 0 Å². The second-order valence-corrected chi connectivity index (χ2v) is 12.5. The summed E-state index contributed by atoms with van der Waals surface area (Å²) in [7, 11) is 1.95. The van der Waals surface area contributed by atoms with Crippen LogP contribution < -0.4 is 20.7 Å². The predicted molar refractivity (Wildman–Crippen MR) is 177 cm³/mol. The molecule has 5 atom stereocenters. The first-order valence-corrected chi connectivity index (χ1v) is 16.3. The molecule has 7 heteroatoms. The van der Waals surface area contributed by atoms with Gasteiger partial charge in [-0.2, -0.15) is 0 Å². The zero-order chi connectivity index (χ0) is 30.2. The highest BCUT2D eigenvalue weighted by Gasteiger charge is 2.34. The van der Waals surface area contributed by atoms with E-state index in [2.05, 4.69) is 79.2 Å². The monoisotopic (exact) mass is 586 g/mol. The van der Waals surface area contributed by atoms with E-state index in [9.17, 15) is 4.79 Å². The Kier molecular flexibility index (Phi) is 10.8. The minimum atomic E-state index is -0.0892. The zero-order valence-corrected chi connectivity index (χ0v) is 26.4. The number of hydrogen-bond acceptors (Lipinski definition) is 6. The van der Waals surface area contributed by atoms with Crippen LogP contribution in [-0.2, 0) is 4.74 Å². The highest BCUT2D eigenvalue weighted by atomic mass is 16.5. The molecule has 0 spiro atoms. The molecular formula is C36H50N4O3. The van der Waals surface area contributed by atoms with Crippen molar-refractivity contribution in [3.8, 4) is 5.75 Å². The molecule has 0 radical (unpaired) electrons. The summed E-state index contributed by atoms with van der Waals surface area (Å²) in [5.74, 6) is 1.50. The molecule has 1 saturated carbocycles. The molecule has 1 amide bonds. The van der Waals surface area contributed by atoms with Crippen molar-refractivity contribution < 1.29 is 14.3 Å². The van der Waals surface area contributed by atoms with E-state index >= 15 is 0 Å². The van der Waals surface area contributed by atoms with Crippen molar-refractivity contribution >= 4 is 28.1 Å². The predicted octanol–water partition coefficient (Wildman–Crippen LogP) is 7.14. The number of carbonyl (C=O) groups is 1. The lowest BCUT2D eigenvalue weighted by molar-refractivity contribution is -0.00639. The van der Waals surface area contributed by atoms with E-state index < -0.39 is 0 Å². The first-order valence-electron chi connectivity index (χ1n) is 16.3. The van der Waals surface area contributed by atoms with Crippen LogP contribution in [0.1, 0.15) is 69.7 Å². The van der Waals surface area contributed by atoms with Gasteiger partial charge in [0.05, 0.1) is 36.7 Å². The van der Waals surface area contributed by atoms with Gasteiger partial charge in [0.25, 0.3) is 5.91 Å². The SMILES string of the molecule is CCC1CCCCC(OCC(C)N2CC(C)C(CNC)Oc3c(NCNc4cccc5ccccc45)cccc3C2=O)C1. The standard InChI is InChI=1S/C36H50N4O3/c1-5-27-12-6-8-15-29(20-27)42-23-26(3)40-22-25(2)34(21-37-4)43-35-31(36(40)41)17-11-19-33(35)39-24-38-32-18-10-14-28-13-7-9-16-30(28)32/h7,9-11,13-14,16-19,25-27,29,34,37-39H,5-6,8,12,15,20-24H2,1-4H3. The third-order valence-electron chi connectivity index (χ3n) is 9.31. The molecule has 3 N–H and O–H groups in total. The number of amides is 1. The van der Waals surface area contributed by atoms with Crippen molar-refractivity contribution in [2.45, 2.75) is 77.5 Å². The van der Waals surface area contributed by atoms with Crippen molar-refractivity contribution in [2.24, 2.45) is 11.8 Å². The Bertz CT molecular complexity index is 1340. The molecule has 1 heterocycles. The maximum absolute atomic E-state index is 14.2. The summed E-state index contributed by atoms with van der Waals surface area (Å²) in [5, 5.41) is 12.7. The molecule has 5 rings (SSSR count). The third-order valence-corrected chi connectivity index (χ3v) is 9.31. The number of nitrogens with zero attached hydrogens (tertiary/aromatic N) is 1. The van der Waals surface area contributed by atoms with Gasteiger partial charge in [-0.1, -0.05) is 82.0 Å². The number of carbonyl (C=O) groups excluding carboxylic acids is 1. The molecule has 1 aliphatic carbocycles. The lowest BCUT2D eigenvalue weighted by Gasteiger charge is -2.38. The van der Waals surface area contributed by atoms with Gasteiger partial charge >= 0.3 is 0 Å². The molecular weight excluding hydrogens is 536 g/mol. The normalized spacial score (nSPS) is 23.4. The van der Waals surface area contributed by atoms with Gasteiger partial charge in [-0.25, -0.2) is 0 Å². The summed E-state index contributed by atoms with van der Waals surface area (Å²) < 4.78 is 13.2. The Hall–Kier alpha value is -3.29. The van der Waals surface area contributed by atoms with Gasteiger partial charge in [-0.15, -0.1) is 0 Å². The Balaban J connectivity index is 1.33. The van der Waals surface area contributed by atoms with Crippen molar-refractivity contribution in [3.05, 3.63) is 66.2 Å². The summed E-state index contributed by atoms with van der Waals surface area (Å²) in [6.45, 7) is 8.95. The Labute approximate surface area is 257 Å². The van der Waals surface area contributed by atoms with E-state index in [1.807, 2.05) is 30.1 Å². The van der Waals surface area contributed by atoms with E-state index in [1.165, 1.54) is 36.5 Å². The molecule has 0 bridgehead atoms. The fraction of sp³-hybridized carbons (Fsp3) is 0.528. The van der Waals surface area contributed by atoms with Gasteiger partial charge in [0.15, 0.2) is 5.75 Å². The second kappa shape index (κ2) is 14.9. The van der Waals surface area contributed by atoms with Gasteiger partial charge in [0.2, 0.25) is 0 Å². The number of likely N-dealkylation sites (N-methyl/N-ethyl adjacent to an activating group) is 1. The number of hydrogen-bond donors (Lipinski definition) is 3. The number of nitrogens with one attached hydrogen (secondary N) is 3.